The molecule has 1 heterocycles. The van der Waals surface area contributed by atoms with Crippen LogP contribution in [-0.2, 0) is 0 Å². The molecule has 0 aliphatic carbocycles. The van der Waals surface area contributed by atoms with Gasteiger partial charge in [-0.15, -0.1) is 0 Å². The smallest absolute Gasteiger partial charge is 0.282 e. The molecule has 0 radical (unpaired) electrons. The zero-order valence-corrected chi connectivity index (χ0v) is 19.2. The largest absolute Gasteiger partial charge is 0.507 e. The normalized spacial score (nSPS) is 11.5. The van der Waals surface area contributed by atoms with Gasteiger partial charge in [0.15, 0.2) is 5.82 Å². The summed E-state index contributed by atoms with van der Waals surface area (Å²) < 4.78 is 7.17. The second-order valence-electron chi connectivity index (χ2n) is 8.17. The molecule has 4 aromatic rings. The topological polar surface area (TPSA) is 76.7 Å². The number of benzene rings is 3. The van der Waals surface area contributed by atoms with Crippen LogP contribution in [0.1, 0.15) is 43.4 Å². The van der Waals surface area contributed by atoms with Crippen LogP contribution in [0.15, 0.2) is 70.6 Å². The summed E-state index contributed by atoms with van der Waals surface area (Å²) in [6, 6.07) is 18.1. The highest BCUT2D eigenvalue weighted by atomic mass is 16.5. The number of rotatable bonds is 6. The highest BCUT2D eigenvalue weighted by molar-refractivity contribution is 5.84. The van der Waals surface area contributed by atoms with Gasteiger partial charge in [0.25, 0.3) is 5.56 Å². The molecule has 168 valence electrons. The van der Waals surface area contributed by atoms with Crippen molar-refractivity contribution in [3.63, 3.8) is 0 Å². The first kappa shape index (κ1) is 22.3. The average Bonchev–Trinajstić information content (AvgIpc) is 2.79. The number of fused-ring (bicyclic) bond motifs is 1. The zero-order chi connectivity index (χ0) is 23.5. The molecule has 0 aliphatic rings. The molecule has 1 aromatic heterocycles. The van der Waals surface area contributed by atoms with E-state index in [1.54, 1.807) is 36.4 Å². The lowest BCUT2D eigenvalue weighted by atomic mass is 9.96. The molecule has 0 unspecified atom stereocenters. The Bertz CT molecular complexity index is 1400. The number of aromatic nitrogens is 2. The lowest BCUT2D eigenvalue weighted by Crippen LogP contribution is -2.20. The first-order chi connectivity index (χ1) is 15.9. The van der Waals surface area contributed by atoms with E-state index < -0.39 is 0 Å². The van der Waals surface area contributed by atoms with Gasteiger partial charge in [0.1, 0.15) is 11.5 Å². The van der Waals surface area contributed by atoms with E-state index in [1.807, 2.05) is 38.1 Å². The van der Waals surface area contributed by atoms with Crippen molar-refractivity contribution in [2.24, 2.45) is 5.10 Å². The third-order valence-corrected chi connectivity index (χ3v) is 5.52. The predicted molar refractivity (Wildman–Crippen MR) is 133 cm³/mol. The van der Waals surface area contributed by atoms with Crippen molar-refractivity contribution in [3.8, 4) is 22.9 Å². The third kappa shape index (κ3) is 4.37. The van der Waals surface area contributed by atoms with E-state index in [0.717, 1.165) is 22.4 Å². The van der Waals surface area contributed by atoms with Crippen LogP contribution in [0, 0.1) is 6.92 Å². The Hall–Kier alpha value is -3.93. The average molecular weight is 442 g/mol. The van der Waals surface area contributed by atoms with Gasteiger partial charge >= 0.3 is 0 Å². The summed E-state index contributed by atoms with van der Waals surface area (Å²) in [7, 11) is 0. The van der Waals surface area contributed by atoms with Crippen LogP contribution < -0.4 is 10.3 Å². The molecule has 0 saturated carbocycles. The van der Waals surface area contributed by atoms with Crippen molar-refractivity contribution in [1.82, 2.24) is 9.66 Å². The molecule has 0 aliphatic heterocycles. The molecule has 0 bridgehead atoms. The molecule has 6 nitrogen and oxygen atoms in total. The standard InChI is InChI=1S/C27H27N3O3/c1-5-33-25-14-18(4)22(15-21(25)17(2)3)26-29-23-12-8-7-11-20(23)27(32)30(26)28-16-19-10-6-9-13-24(19)31/h6-17,31H,5H2,1-4H3. The van der Waals surface area contributed by atoms with Gasteiger partial charge in [-0.1, -0.05) is 38.1 Å². The van der Waals surface area contributed by atoms with E-state index in [4.69, 9.17) is 9.72 Å². The summed E-state index contributed by atoms with van der Waals surface area (Å²) in [5, 5.41) is 15.1. The van der Waals surface area contributed by atoms with Gasteiger partial charge in [-0.05, 0) is 67.3 Å². The molecule has 1 N–H and O–H groups in total. The number of aromatic hydroxyl groups is 1. The van der Waals surface area contributed by atoms with E-state index in [9.17, 15) is 9.90 Å². The van der Waals surface area contributed by atoms with Crippen molar-refractivity contribution < 1.29 is 9.84 Å². The summed E-state index contributed by atoms with van der Waals surface area (Å²) in [6.07, 6.45) is 1.48. The van der Waals surface area contributed by atoms with Crippen LogP contribution in [0.4, 0.5) is 0 Å². The van der Waals surface area contributed by atoms with E-state index in [2.05, 4.69) is 18.9 Å². The quantitative estimate of drug-likeness (QED) is 0.402. The summed E-state index contributed by atoms with van der Waals surface area (Å²) in [5.41, 5.74) is 3.61. The maximum absolute atomic E-state index is 13.5. The lowest BCUT2D eigenvalue weighted by Gasteiger charge is -2.18. The van der Waals surface area contributed by atoms with Crippen LogP contribution in [0.3, 0.4) is 0 Å². The van der Waals surface area contributed by atoms with Crippen LogP contribution in [-0.4, -0.2) is 27.6 Å². The van der Waals surface area contributed by atoms with Crippen LogP contribution in [0.2, 0.25) is 0 Å². The molecular formula is C27H27N3O3. The van der Waals surface area contributed by atoms with Crippen LogP contribution in [0.5, 0.6) is 11.5 Å². The Morgan fingerprint density at radius 2 is 1.85 bits per heavy atom. The second-order valence-corrected chi connectivity index (χ2v) is 8.17. The molecule has 6 heteroatoms. The summed E-state index contributed by atoms with van der Waals surface area (Å²) in [5.74, 6) is 1.58. The van der Waals surface area contributed by atoms with E-state index in [-0.39, 0.29) is 17.2 Å². The van der Waals surface area contributed by atoms with Crippen LogP contribution >= 0.6 is 0 Å². The molecule has 0 fully saturated rings. The highest BCUT2D eigenvalue weighted by Gasteiger charge is 2.18. The maximum Gasteiger partial charge on any atom is 0.282 e. The van der Waals surface area contributed by atoms with Crippen molar-refractivity contribution in [1.29, 1.82) is 0 Å². The number of hydrogen-bond donors (Lipinski definition) is 1. The van der Waals surface area contributed by atoms with Gasteiger partial charge < -0.3 is 9.84 Å². The van der Waals surface area contributed by atoms with Gasteiger partial charge in [0, 0.05) is 11.1 Å². The third-order valence-electron chi connectivity index (χ3n) is 5.52. The van der Waals surface area contributed by atoms with E-state index in [1.165, 1.54) is 10.9 Å². The fourth-order valence-electron chi connectivity index (χ4n) is 3.79. The molecule has 4 rings (SSSR count). The zero-order valence-electron chi connectivity index (χ0n) is 19.2. The summed E-state index contributed by atoms with van der Waals surface area (Å²) >= 11 is 0. The van der Waals surface area contributed by atoms with Gasteiger partial charge in [0.05, 0.1) is 23.7 Å². The SMILES string of the molecule is CCOc1cc(C)c(-c2nc3ccccc3c(=O)n2N=Cc2ccccc2O)cc1C(C)C. The minimum absolute atomic E-state index is 0.0870. The van der Waals surface area contributed by atoms with Crippen molar-refractivity contribution in [3.05, 3.63) is 87.7 Å². The highest BCUT2D eigenvalue weighted by Crippen LogP contribution is 2.34. The Labute approximate surface area is 192 Å². The van der Waals surface area contributed by atoms with Crippen LogP contribution in [0.25, 0.3) is 22.3 Å². The number of para-hydroxylation sites is 2. The van der Waals surface area contributed by atoms with Gasteiger partial charge in [-0.25, -0.2) is 4.98 Å². The number of hydrogen-bond acceptors (Lipinski definition) is 5. The molecule has 0 amide bonds. The summed E-state index contributed by atoms with van der Waals surface area (Å²) in [6.45, 7) is 8.72. The van der Waals surface area contributed by atoms with Gasteiger partial charge in [-0.3, -0.25) is 4.79 Å². The van der Waals surface area contributed by atoms with Gasteiger partial charge in [0.2, 0.25) is 0 Å². The van der Waals surface area contributed by atoms with E-state index >= 15 is 0 Å². The Morgan fingerprint density at radius 1 is 1.12 bits per heavy atom. The minimum atomic E-state index is -0.276. The molecule has 33 heavy (non-hydrogen) atoms. The molecule has 3 aromatic carbocycles. The van der Waals surface area contributed by atoms with Crippen molar-refractivity contribution in [2.75, 3.05) is 6.61 Å². The monoisotopic (exact) mass is 441 g/mol. The Balaban J connectivity index is 1.99. The fourth-order valence-corrected chi connectivity index (χ4v) is 3.79. The molecule has 0 saturated heterocycles. The number of aryl methyl sites for hydroxylation is 1. The number of nitrogens with zero attached hydrogens (tertiary/aromatic N) is 3. The predicted octanol–water partition coefficient (Wildman–Crippen LogP) is 5.48. The maximum atomic E-state index is 13.5. The summed E-state index contributed by atoms with van der Waals surface area (Å²) in [4.78, 5) is 18.3. The number of phenols is 1. The number of phenolic OH excluding ortho intramolecular Hbond substituents is 1. The fraction of sp³-hybridized carbons (Fsp3) is 0.222. The second kappa shape index (κ2) is 9.28. The van der Waals surface area contributed by atoms with Gasteiger partial charge in [-0.2, -0.15) is 9.78 Å². The first-order valence-corrected chi connectivity index (χ1v) is 11.0. The lowest BCUT2D eigenvalue weighted by molar-refractivity contribution is 0.335. The Morgan fingerprint density at radius 3 is 2.58 bits per heavy atom. The molecule has 0 spiro atoms. The molecular weight excluding hydrogens is 414 g/mol. The van der Waals surface area contributed by atoms with Crippen molar-refractivity contribution in [2.45, 2.75) is 33.6 Å². The first-order valence-electron chi connectivity index (χ1n) is 11.0. The molecule has 0 atom stereocenters. The van der Waals surface area contributed by atoms with Crippen molar-refractivity contribution >= 4 is 17.1 Å². The minimum Gasteiger partial charge on any atom is -0.507 e. The Kier molecular flexibility index (Phi) is 6.27. The van der Waals surface area contributed by atoms with E-state index in [0.29, 0.717) is 28.9 Å². The number of ether oxygens (including phenoxy) is 1.